The summed E-state index contributed by atoms with van der Waals surface area (Å²) >= 11 is 0. The molecule has 2 N–H and O–H groups in total. The lowest BCUT2D eigenvalue weighted by Crippen LogP contribution is -1.98. The molecule has 0 fully saturated rings. The van der Waals surface area contributed by atoms with E-state index in [1.807, 2.05) is 25.1 Å². The van der Waals surface area contributed by atoms with Crippen molar-refractivity contribution in [1.29, 1.82) is 0 Å². The summed E-state index contributed by atoms with van der Waals surface area (Å²) in [5.74, 6) is 2.08. The molecule has 0 unspecified atom stereocenters. The van der Waals surface area contributed by atoms with Gasteiger partial charge < -0.3 is 10.5 Å². The molecule has 0 saturated carbocycles. The lowest BCUT2D eigenvalue weighted by molar-refractivity contribution is 0.471. The van der Waals surface area contributed by atoms with Crippen LogP contribution in [0.2, 0.25) is 0 Å². The van der Waals surface area contributed by atoms with Gasteiger partial charge in [-0.05, 0) is 48.6 Å². The maximum atomic E-state index is 6.09. The average Bonchev–Trinajstić information content (AvgIpc) is 2.33. The molecule has 0 atom stereocenters. The Bertz CT molecular complexity index is 568. The number of rotatable bonds is 3. The van der Waals surface area contributed by atoms with Crippen molar-refractivity contribution in [3.63, 3.8) is 0 Å². The summed E-state index contributed by atoms with van der Waals surface area (Å²) in [4.78, 5) is 0. The summed E-state index contributed by atoms with van der Waals surface area (Å²) in [5.41, 5.74) is 10.1. The summed E-state index contributed by atoms with van der Waals surface area (Å²) in [5, 5.41) is 0. The molecular formula is C17H21NO. The summed E-state index contributed by atoms with van der Waals surface area (Å²) in [6.45, 7) is 8.41. The summed E-state index contributed by atoms with van der Waals surface area (Å²) < 4.78 is 6.09. The molecule has 0 radical (unpaired) electrons. The second-order valence-corrected chi connectivity index (χ2v) is 5.29. The largest absolute Gasteiger partial charge is 0.455 e. The first-order chi connectivity index (χ1) is 8.99. The predicted octanol–water partition coefficient (Wildman–Crippen LogP) is 4.80. The van der Waals surface area contributed by atoms with Crippen LogP contribution < -0.4 is 10.5 Å². The molecule has 2 nitrogen and oxygen atoms in total. The summed E-state index contributed by atoms with van der Waals surface area (Å²) in [7, 11) is 0. The van der Waals surface area contributed by atoms with E-state index in [-0.39, 0.29) is 0 Å². The van der Waals surface area contributed by atoms with Gasteiger partial charge in [0.1, 0.15) is 5.75 Å². The molecule has 0 aromatic heterocycles. The van der Waals surface area contributed by atoms with Gasteiger partial charge >= 0.3 is 0 Å². The maximum absolute atomic E-state index is 6.09. The second-order valence-electron chi connectivity index (χ2n) is 5.29. The van der Waals surface area contributed by atoms with Crippen molar-refractivity contribution in [3.05, 3.63) is 53.1 Å². The van der Waals surface area contributed by atoms with E-state index in [4.69, 9.17) is 10.5 Å². The van der Waals surface area contributed by atoms with Gasteiger partial charge in [0.05, 0.1) is 5.69 Å². The highest BCUT2D eigenvalue weighted by Gasteiger charge is 2.12. The molecule has 0 aliphatic rings. The molecule has 0 heterocycles. The van der Waals surface area contributed by atoms with E-state index in [1.54, 1.807) is 0 Å². The average molecular weight is 255 g/mol. The van der Waals surface area contributed by atoms with Gasteiger partial charge in [-0.2, -0.15) is 0 Å². The van der Waals surface area contributed by atoms with E-state index in [2.05, 4.69) is 39.0 Å². The standard InChI is InChI=1S/C17H21NO/c1-11(2)14-9-8-12(3)10-16(14)19-17-13(4)6-5-7-15(17)18/h5-11H,18H2,1-4H3. The molecule has 0 bridgehead atoms. The van der Waals surface area contributed by atoms with Crippen LogP contribution in [0.3, 0.4) is 0 Å². The fraction of sp³-hybridized carbons (Fsp3) is 0.294. The van der Waals surface area contributed by atoms with Crippen LogP contribution in [0.5, 0.6) is 11.5 Å². The van der Waals surface area contributed by atoms with E-state index < -0.39 is 0 Å². The fourth-order valence-corrected chi connectivity index (χ4v) is 2.13. The van der Waals surface area contributed by atoms with Gasteiger partial charge in [0.2, 0.25) is 0 Å². The zero-order valence-electron chi connectivity index (χ0n) is 12.0. The Hall–Kier alpha value is -1.96. The van der Waals surface area contributed by atoms with Gasteiger partial charge in [0.25, 0.3) is 0 Å². The number of ether oxygens (including phenoxy) is 1. The fourth-order valence-electron chi connectivity index (χ4n) is 2.13. The highest BCUT2D eigenvalue weighted by atomic mass is 16.5. The van der Waals surface area contributed by atoms with Crippen molar-refractivity contribution >= 4 is 5.69 Å². The van der Waals surface area contributed by atoms with Gasteiger partial charge in [-0.25, -0.2) is 0 Å². The molecule has 0 saturated heterocycles. The van der Waals surface area contributed by atoms with Crippen LogP contribution in [-0.2, 0) is 0 Å². The first-order valence-corrected chi connectivity index (χ1v) is 6.62. The van der Waals surface area contributed by atoms with Crippen LogP contribution in [0.25, 0.3) is 0 Å². The number of para-hydroxylation sites is 1. The van der Waals surface area contributed by atoms with E-state index in [9.17, 15) is 0 Å². The molecule has 19 heavy (non-hydrogen) atoms. The normalized spacial score (nSPS) is 10.8. The van der Waals surface area contributed by atoms with Crippen LogP contribution in [0.15, 0.2) is 36.4 Å². The van der Waals surface area contributed by atoms with E-state index in [0.29, 0.717) is 11.6 Å². The van der Waals surface area contributed by atoms with Crippen molar-refractivity contribution in [1.82, 2.24) is 0 Å². The van der Waals surface area contributed by atoms with Crippen molar-refractivity contribution in [2.75, 3.05) is 5.73 Å². The molecule has 2 rings (SSSR count). The molecule has 0 aliphatic heterocycles. The van der Waals surface area contributed by atoms with Crippen LogP contribution in [-0.4, -0.2) is 0 Å². The van der Waals surface area contributed by atoms with E-state index in [0.717, 1.165) is 17.1 Å². The predicted molar refractivity (Wildman–Crippen MR) is 80.9 cm³/mol. The number of hydrogen-bond acceptors (Lipinski definition) is 2. The van der Waals surface area contributed by atoms with Crippen molar-refractivity contribution in [3.8, 4) is 11.5 Å². The van der Waals surface area contributed by atoms with Crippen LogP contribution in [0, 0.1) is 13.8 Å². The van der Waals surface area contributed by atoms with Gasteiger partial charge in [-0.15, -0.1) is 0 Å². The van der Waals surface area contributed by atoms with Crippen LogP contribution >= 0.6 is 0 Å². The molecular weight excluding hydrogens is 234 g/mol. The lowest BCUT2D eigenvalue weighted by atomic mass is 10.0. The minimum absolute atomic E-state index is 0.417. The molecule has 100 valence electrons. The monoisotopic (exact) mass is 255 g/mol. The van der Waals surface area contributed by atoms with Crippen molar-refractivity contribution in [2.45, 2.75) is 33.6 Å². The van der Waals surface area contributed by atoms with E-state index in [1.165, 1.54) is 11.1 Å². The summed E-state index contributed by atoms with van der Waals surface area (Å²) in [6.07, 6.45) is 0. The zero-order chi connectivity index (χ0) is 14.0. The molecule has 0 aliphatic carbocycles. The highest BCUT2D eigenvalue weighted by Crippen LogP contribution is 2.35. The van der Waals surface area contributed by atoms with Crippen molar-refractivity contribution in [2.24, 2.45) is 0 Å². The Labute approximate surface area is 115 Å². The number of aryl methyl sites for hydroxylation is 2. The molecule has 2 aromatic rings. The number of nitrogen functional groups attached to an aromatic ring is 1. The molecule has 0 spiro atoms. The topological polar surface area (TPSA) is 35.2 Å². The Kier molecular flexibility index (Phi) is 3.79. The minimum Gasteiger partial charge on any atom is -0.455 e. The number of hydrogen-bond donors (Lipinski definition) is 1. The third kappa shape index (κ3) is 2.90. The Morgan fingerprint density at radius 2 is 1.79 bits per heavy atom. The molecule has 0 amide bonds. The Balaban J connectivity index is 2.46. The van der Waals surface area contributed by atoms with E-state index >= 15 is 0 Å². The second kappa shape index (κ2) is 5.35. The first kappa shape index (κ1) is 13.5. The smallest absolute Gasteiger partial charge is 0.153 e. The van der Waals surface area contributed by atoms with Gasteiger partial charge in [-0.3, -0.25) is 0 Å². The van der Waals surface area contributed by atoms with Crippen LogP contribution in [0.1, 0.15) is 36.5 Å². The maximum Gasteiger partial charge on any atom is 0.153 e. The van der Waals surface area contributed by atoms with Gasteiger partial charge in [0.15, 0.2) is 5.75 Å². The SMILES string of the molecule is Cc1ccc(C(C)C)c(Oc2c(C)cccc2N)c1. The number of benzene rings is 2. The Morgan fingerprint density at radius 1 is 1.05 bits per heavy atom. The molecule has 2 heteroatoms. The van der Waals surface area contributed by atoms with Gasteiger partial charge in [-0.1, -0.05) is 38.1 Å². The first-order valence-electron chi connectivity index (χ1n) is 6.62. The summed E-state index contributed by atoms with van der Waals surface area (Å²) in [6, 6.07) is 12.1. The Morgan fingerprint density at radius 3 is 2.42 bits per heavy atom. The number of nitrogens with two attached hydrogens (primary N) is 1. The highest BCUT2D eigenvalue weighted by molar-refractivity contribution is 5.58. The third-order valence-corrected chi connectivity index (χ3v) is 3.25. The number of anilines is 1. The van der Waals surface area contributed by atoms with Gasteiger partial charge in [0, 0.05) is 0 Å². The van der Waals surface area contributed by atoms with Crippen LogP contribution in [0.4, 0.5) is 5.69 Å². The zero-order valence-corrected chi connectivity index (χ0v) is 12.0. The minimum atomic E-state index is 0.417. The van der Waals surface area contributed by atoms with Crippen molar-refractivity contribution < 1.29 is 4.74 Å². The quantitative estimate of drug-likeness (QED) is 0.799. The third-order valence-electron chi connectivity index (χ3n) is 3.25. The molecule has 2 aromatic carbocycles. The lowest BCUT2D eigenvalue weighted by Gasteiger charge is -2.17.